The number of carbonyl (C=O) groups is 2. The van der Waals surface area contributed by atoms with Crippen molar-refractivity contribution in [2.24, 2.45) is 10.9 Å². The van der Waals surface area contributed by atoms with Crippen LogP contribution in [-0.2, 0) is 14.8 Å². The number of rotatable bonds is 9. The maximum absolute atomic E-state index is 13.6. The van der Waals surface area contributed by atoms with Gasteiger partial charge in [0.2, 0.25) is 27.7 Å². The average molecular weight is 532 g/mol. The molecule has 10 nitrogen and oxygen atoms in total. The number of aliphatic imine (C=N–C) groups is 1. The third kappa shape index (κ3) is 7.30. The summed E-state index contributed by atoms with van der Waals surface area (Å²) in [6.45, 7) is 3.16. The summed E-state index contributed by atoms with van der Waals surface area (Å²) in [7, 11) is -3.58. The van der Waals surface area contributed by atoms with E-state index in [0.717, 1.165) is 44.8 Å². The quantitative estimate of drug-likeness (QED) is 0.288. The van der Waals surface area contributed by atoms with Crippen LogP contribution in [0.2, 0.25) is 0 Å². The zero-order valence-corrected chi connectivity index (χ0v) is 22.4. The second kappa shape index (κ2) is 12.1. The van der Waals surface area contributed by atoms with Crippen molar-refractivity contribution in [1.82, 2.24) is 19.9 Å². The summed E-state index contributed by atoms with van der Waals surface area (Å²) in [6.07, 6.45) is 9.22. The fourth-order valence-electron chi connectivity index (χ4n) is 5.12. The molecule has 1 saturated heterocycles. The standard InChI is InChI=1S/C26H37N5O5S/c1-3-19(23(32)25-28-20-13-7-8-14-22(20)36-25)27-24(33)21(17-18-11-5-4-6-12-18)29-26(30-37(2,34)35)31-15-9-10-16-31/h7-8,13-14,18-19,21H,3-6,9-12,15-17H2,1-2H3,(H,27,33)(H,29,30). The first-order chi connectivity index (χ1) is 17.7. The maximum atomic E-state index is 13.6. The number of sulfonamides is 1. The van der Waals surface area contributed by atoms with Crippen LogP contribution < -0.4 is 10.0 Å². The van der Waals surface area contributed by atoms with Crippen LogP contribution in [0.5, 0.6) is 0 Å². The van der Waals surface area contributed by atoms with Crippen molar-refractivity contribution < 1.29 is 22.4 Å². The predicted octanol–water partition coefficient (Wildman–Crippen LogP) is 3.25. The molecule has 1 saturated carbocycles. The summed E-state index contributed by atoms with van der Waals surface area (Å²) in [5.74, 6) is -0.319. The number of para-hydroxylation sites is 2. The van der Waals surface area contributed by atoms with E-state index >= 15 is 0 Å². The van der Waals surface area contributed by atoms with Crippen molar-refractivity contribution in [3.8, 4) is 0 Å². The molecule has 0 radical (unpaired) electrons. The predicted molar refractivity (Wildman–Crippen MR) is 142 cm³/mol. The Bertz CT molecular complexity index is 1200. The molecule has 1 aromatic carbocycles. The fraction of sp³-hybridized carbons (Fsp3) is 0.615. The second-order valence-corrected chi connectivity index (χ2v) is 11.8. The van der Waals surface area contributed by atoms with Gasteiger partial charge >= 0.3 is 0 Å². The number of benzene rings is 1. The summed E-state index contributed by atoms with van der Waals surface area (Å²) in [5, 5.41) is 2.87. The first-order valence-corrected chi connectivity index (χ1v) is 15.1. The SMILES string of the molecule is CCC(NC(=O)C(CC1CCCCC1)N=C(NS(C)(=O)=O)N1CCCC1)C(=O)c1nc2ccccc2o1. The molecule has 2 heterocycles. The summed E-state index contributed by atoms with van der Waals surface area (Å²) < 4.78 is 32.4. The smallest absolute Gasteiger partial charge is 0.266 e. The lowest BCUT2D eigenvalue weighted by Crippen LogP contribution is -2.48. The molecule has 0 bridgehead atoms. The Morgan fingerprint density at radius 3 is 2.49 bits per heavy atom. The first-order valence-electron chi connectivity index (χ1n) is 13.2. The van der Waals surface area contributed by atoms with Gasteiger partial charge < -0.3 is 14.6 Å². The van der Waals surface area contributed by atoms with E-state index in [1.54, 1.807) is 18.2 Å². The van der Waals surface area contributed by atoms with Gasteiger partial charge in [0.25, 0.3) is 5.89 Å². The van der Waals surface area contributed by atoms with E-state index < -0.39 is 33.8 Å². The third-order valence-electron chi connectivity index (χ3n) is 7.09. The van der Waals surface area contributed by atoms with Crippen molar-refractivity contribution in [3.05, 3.63) is 30.2 Å². The van der Waals surface area contributed by atoms with Crippen molar-refractivity contribution in [2.45, 2.75) is 76.8 Å². The molecule has 2 N–H and O–H groups in total. The van der Waals surface area contributed by atoms with Gasteiger partial charge in [-0.15, -0.1) is 0 Å². The molecule has 2 unspecified atom stereocenters. The molecule has 2 fully saturated rings. The van der Waals surface area contributed by atoms with Crippen LogP contribution in [0.4, 0.5) is 0 Å². The molecule has 1 aliphatic heterocycles. The molecule has 4 rings (SSSR count). The molecule has 1 aromatic heterocycles. The van der Waals surface area contributed by atoms with Gasteiger partial charge in [0.1, 0.15) is 11.6 Å². The zero-order valence-electron chi connectivity index (χ0n) is 21.6. The molecule has 202 valence electrons. The van der Waals surface area contributed by atoms with Gasteiger partial charge in [-0.1, -0.05) is 51.2 Å². The molecule has 0 spiro atoms. The van der Waals surface area contributed by atoms with Crippen LogP contribution in [0.1, 0.15) is 75.4 Å². The number of hydrogen-bond acceptors (Lipinski definition) is 7. The number of Topliss-reactive ketones (excluding diaryl/α,β-unsaturated/α-hetero) is 1. The van der Waals surface area contributed by atoms with E-state index in [4.69, 9.17) is 4.42 Å². The number of carbonyl (C=O) groups excluding carboxylic acids is 2. The Hall–Kier alpha value is -2.95. The van der Waals surface area contributed by atoms with Gasteiger partial charge in [-0.2, -0.15) is 0 Å². The number of likely N-dealkylation sites (tertiary alicyclic amines) is 1. The number of ketones is 1. The normalized spacial score (nSPS) is 19.1. The van der Waals surface area contributed by atoms with Crippen molar-refractivity contribution in [3.63, 3.8) is 0 Å². The monoisotopic (exact) mass is 531 g/mol. The van der Waals surface area contributed by atoms with Gasteiger partial charge in [0.15, 0.2) is 5.58 Å². The number of hydrogen-bond donors (Lipinski definition) is 2. The average Bonchev–Trinajstić information content (AvgIpc) is 3.56. The summed E-state index contributed by atoms with van der Waals surface area (Å²) >= 11 is 0. The highest BCUT2D eigenvalue weighted by atomic mass is 32.2. The summed E-state index contributed by atoms with van der Waals surface area (Å²) in [5.41, 5.74) is 1.09. The van der Waals surface area contributed by atoms with Crippen LogP contribution in [0.15, 0.2) is 33.7 Å². The zero-order chi connectivity index (χ0) is 26.4. The van der Waals surface area contributed by atoms with E-state index in [1.165, 1.54) is 6.42 Å². The Balaban J connectivity index is 1.57. The van der Waals surface area contributed by atoms with E-state index in [0.29, 0.717) is 42.9 Å². The minimum Gasteiger partial charge on any atom is -0.434 e. The van der Waals surface area contributed by atoms with Gasteiger partial charge in [0.05, 0.1) is 12.3 Å². The van der Waals surface area contributed by atoms with E-state index in [2.05, 4.69) is 20.0 Å². The Kier molecular flexibility index (Phi) is 8.83. The van der Waals surface area contributed by atoms with Crippen LogP contribution >= 0.6 is 0 Å². The lowest BCUT2D eigenvalue weighted by atomic mass is 9.84. The molecular formula is C26H37N5O5S. The first kappa shape index (κ1) is 27.1. The number of fused-ring (bicyclic) bond motifs is 1. The minimum absolute atomic E-state index is 0.0443. The van der Waals surface area contributed by atoms with Gasteiger partial charge in [-0.05, 0) is 43.7 Å². The van der Waals surface area contributed by atoms with Crippen molar-refractivity contribution in [1.29, 1.82) is 0 Å². The van der Waals surface area contributed by atoms with Gasteiger partial charge in [-0.25, -0.2) is 18.4 Å². The Morgan fingerprint density at radius 1 is 1.14 bits per heavy atom. The van der Waals surface area contributed by atoms with Crippen LogP contribution in [0, 0.1) is 5.92 Å². The summed E-state index contributed by atoms with van der Waals surface area (Å²) in [4.78, 5) is 37.6. The number of nitrogens with zero attached hydrogens (tertiary/aromatic N) is 3. The Labute approximate surface area is 218 Å². The van der Waals surface area contributed by atoms with Crippen molar-refractivity contribution in [2.75, 3.05) is 19.3 Å². The molecular weight excluding hydrogens is 494 g/mol. The number of guanidine groups is 1. The van der Waals surface area contributed by atoms with E-state index in [1.807, 2.05) is 17.9 Å². The van der Waals surface area contributed by atoms with Crippen LogP contribution in [0.25, 0.3) is 11.1 Å². The van der Waals surface area contributed by atoms with Crippen molar-refractivity contribution >= 4 is 38.8 Å². The summed E-state index contributed by atoms with van der Waals surface area (Å²) in [6, 6.07) is 5.47. The molecule has 2 aliphatic rings. The lowest BCUT2D eigenvalue weighted by molar-refractivity contribution is -0.123. The lowest BCUT2D eigenvalue weighted by Gasteiger charge is -2.27. The van der Waals surface area contributed by atoms with E-state index in [-0.39, 0.29) is 11.9 Å². The van der Waals surface area contributed by atoms with Crippen LogP contribution in [0.3, 0.4) is 0 Å². The van der Waals surface area contributed by atoms with E-state index in [9.17, 15) is 18.0 Å². The number of oxazole rings is 1. The molecule has 2 atom stereocenters. The number of amides is 1. The van der Waals surface area contributed by atoms with Crippen LogP contribution in [-0.4, -0.2) is 67.4 Å². The topological polar surface area (TPSA) is 134 Å². The Morgan fingerprint density at radius 2 is 1.84 bits per heavy atom. The molecule has 37 heavy (non-hydrogen) atoms. The third-order valence-corrected chi connectivity index (χ3v) is 7.64. The van der Waals surface area contributed by atoms with Gasteiger partial charge in [0, 0.05) is 13.1 Å². The molecule has 2 aromatic rings. The highest BCUT2D eigenvalue weighted by molar-refractivity contribution is 7.89. The fourth-order valence-corrected chi connectivity index (χ4v) is 5.63. The number of aromatic nitrogens is 1. The highest BCUT2D eigenvalue weighted by Crippen LogP contribution is 2.28. The molecule has 11 heteroatoms. The second-order valence-electron chi connectivity index (χ2n) is 10.1. The largest absolute Gasteiger partial charge is 0.434 e. The number of nitrogens with one attached hydrogen (secondary N) is 2. The molecule has 1 amide bonds. The van der Waals surface area contributed by atoms with Gasteiger partial charge in [-0.3, -0.25) is 14.3 Å². The molecule has 1 aliphatic carbocycles. The highest BCUT2D eigenvalue weighted by Gasteiger charge is 2.31. The maximum Gasteiger partial charge on any atom is 0.266 e. The minimum atomic E-state index is -3.58.